The number of anilines is 1. The number of hydrogen-bond donors (Lipinski definition) is 2. The predicted molar refractivity (Wildman–Crippen MR) is 228 cm³/mol. The van der Waals surface area contributed by atoms with E-state index >= 15 is 0 Å². The lowest BCUT2D eigenvalue weighted by Gasteiger charge is -2.40. The second-order valence-corrected chi connectivity index (χ2v) is 18.0. The van der Waals surface area contributed by atoms with Gasteiger partial charge in [0.1, 0.15) is 30.4 Å². The molecule has 0 aromatic heterocycles. The SMILES string of the molecule is O=C(Nc1ccccc1C(=O)NC1CCCC1)c1ccc(OCC2CC(c3ccc4c(c3)[N+]3(C(=O)c5ccc(OCC6CCCO6)cc5)C5C3C53COCCN3C4)CO2)cc1. The van der Waals surface area contributed by atoms with Crippen molar-refractivity contribution >= 4 is 29.1 Å². The van der Waals surface area contributed by atoms with E-state index in [4.69, 9.17) is 23.7 Å². The zero-order valence-corrected chi connectivity index (χ0v) is 34.4. The molecule has 12 rings (SSSR count). The molecule has 12 nitrogen and oxygen atoms in total. The minimum absolute atomic E-state index is 0.0733. The lowest BCUT2D eigenvalue weighted by molar-refractivity contribution is -0.0520. The summed E-state index contributed by atoms with van der Waals surface area (Å²) < 4.78 is 30.6. The number of quaternary nitrogens is 1. The number of carbonyl (C=O) groups is 3. The number of rotatable bonds is 12. The molecule has 6 aliphatic heterocycles. The van der Waals surface area contributed by atoms with Crippen LogP contribution in [0.15, 0.2) is 91.0 Å². The van der Waals surface area contributed by atoms with Crippen LogP contribution in [0.1, 0.15) is 93.1 Å². The van der Waals surface area contributed by atoms with Gasteiger partial charge in [0, 0.05) is 48.8 Å². The van der Waals surface area contributed by atoms with Crippen molar-refractivity contribution in [3.63, 3.8) is 0 Å². The molecular formula is C49H53N4O8+. The first-order valence-electron chi connectivity index (χ1n) is 22.2. The van der Waals surface area contributed by atoms with E-state index in [1.54, 1.807) is 42.5 Å². The summed E-state index contributed by atoms with van der Waals surface area (Å²) in [6, 6.07) is 29.2. The molecule has 12 heteroatoms. The molecule has 4 aromatic carbocycles. The van der Waals surface area contributed by atoms with Crippen LogP contribution in [-0.2, 0) is 20.8 Å². The fourth-order valence-electron chi connectivity index (χ4n) is 11.1. The van der Waals surface area contributed by atoms with Gasteiger partial charge in [-0.3, -0.25) is 14.5 Å². The number of benzene rings is 4. The third kappa shape index (κ3) is 6.83. The van der Waals surface area contributed by atoms with E-state index in [0.29, 0.717) is 59.0 Å². The van der Waals surface area contributed by atoms with Crippen LogP contribution in [0, 0.1) is 0 Å². The summed E-state index contributed by atoms with van der Waals surface area (Å²) in [6.45, 7) is 5.36. The number of nitrogens with zero attached hydrogens (tertiary/aromatic N) is 2. The van der Waals surface area contributed by atoms with Crippen molar-refractivity contribution in [3.05, 3.63) is 119 Å². The highest BCUT2D eigenvalue weighted by molar-refractivity contribution is 6.10. The number of hydrogen-bond acceptors (Lipinski definition) is 9. The van der Waals surface area contributed by atoms with Crippen LogP contribution in [0.3, 0.4) is 0 Å². The van der Waals surface area contributed by atoms with Crippen molar-refractivity contribution in [2.75, 3.05) is 51.5 Å². The van der Waals surface area contributed by atoms with Crippen LogP contribution in [-0.4, -0.2) is 105 Å². The van der Waals surface area contributed by atoms with E-state index in [1.165, 1.54) is 11.1 Å². The first-order valence-corrected chi connectivity index (χ1v) is 22.2. The standard InChI is InChI=1S/C49H52N4O8/c54-46(51-42-10-4-3-9-41(42)47(55)50-36-6-1-2-7-36)31-13-17-37(18-14-31)61-29-40-24-35(27-59-40)33-11-12-34-26-52-21-23-57-30-49(52)44-45(49)53(44,43(34)25-33)48(56)32-15-19-38(20-16-32)60-28-39-8-5-22-58-39/h3-4,9-20,25,35-36,39-40,44-45H,1-2,5-8,21-24,26-30H2,(H-,50,51,54,55)/p+1. The maximum Gasteiger partial charge on any atom is 0.351 e. The Labute approximate surface area is 356 Å². The first-order chi connectivity index (χ1) is 29.9. The van der Waals surface area contributed by atoms with Crippen molar-refractivity contribution < 1.29 is 38.1 Å². The molecule has 4 aromatic rings. The molecule has 2 bridgehead atoms. The highest BCUT2D eigenvalue weighted by atomic mass is 16.5. The third-order valence-corrected chi connectivity index (χ3v) is 14.4. The first kappa shape index (κ1) is 38.8. The Morgan fingerprint density at radius 2 is 1.51 bits per heavy atom. The zero-order valence-electron chi connectivity index (χ0n) is 34.4. The van der Waals surface area contributed by atoms with Gasteiger partial charge in [-0.1, -0.05) is 37.1 Å². The Balaban J connectivity index is 0.739. The molecule has 5 unspecified atom stereocenters. The lowest BCUT2D eigenvalue weighted by Crippen LogP contribution is -2.63. The number of carbonyl (C=O) groups excluding carboxylic acids is 3. The Hall–Kier alpha value is -5.11. The van der Waals surface area contributed by atoms with E-state index in [-0.39, 0.29) is 59.5 Å². The minimum Gasteiger partial charge on any atom is -0.491 e. The highest BCUT2D eigenvalue weighted by Gasteiger charge is 3.03. The molecule has 8 aliphatic rings. The monoisotopic (exact) mass is 825 g/mol. The van der Waals surface area contributed by atoms with Crippen LogP contribution in [0.4, 0.5) is 11.4 Å². The minimum atomic E-state index is -0.298. The van der Waals surface area contributed by atoms with E-state index in [0.717, 1.165) is 82.7 Å². The Kier molecular flexibility index (Phi) is 9.96. The molecule has 2 saturated carbocycles. The summed E-state index contributed by atoms with van der Waals surface area (Å²) in [5.74, 6) is 1.25. The fourth-order valence-corrected chi connectivity index (χ4v) is 11.1. The topological polar surface area (TPSA) is 125 Å². The number of nitrogens with one attached hydrogen (secondary N) is 2. The molecule has 2 N–H and O–H groups in total. The molecule has 6 heterocycles. The van der Waals surface area contributed by atoms with Crippen LogP contribution < -0.4 is 24.6 Å². The van der Waals surface area contributed by atoms with Gasteiger partial charge in [-0.05, 0) is 98.3 Å². The van der Waals surface area contributed by atoms with Crippen molar-refractivity contribution in [3.8, 4) is 11.5 Å². The largest absolute Gasteiger partial charge is 0.491 e. The van der Waals surface area contributed by atoms with E-state index in [1.807, 2.05) is 30.3 Å². The number of amides is 3. The van der Waals surface area contributed by atoms with Crippen LogP contribution in [0.2, 0.25) is 0 Å². The van der Waals surface area contributed by atoms with Crippen molar-refractivity contribution in [2.45, 2.75) is 93.3 Å². The van der Waals surface area contributed by atoms with Crippen LogP contribution >= 0.6 is 0 Å². The summed E-state index contributed by atoms with van der Waals surface area (Å²) in [5, 5.41) is 6.04. The van der Waals surface area contributed by atoms with Crippen molar-refractivity contribution in [1.82, 2.24) is 14.7 Å². The summed E-state index contributed by atoms with van der Waals surface area (Å²) in [5.41, 5.74) is 5.56. The van der Waals surface area contributed by atoms with E-state index in [9.17, 15) is 14.4 Å². The molecular weight excluding hydrogens is 773 g/mol. The molecule has 2 aliphatic carbocycles. The van der Waals surface area contributed by atoms with Gasteiger partial charge in [0.15, 0.2) is 17.6 Å². The Bertz CT molecular complexity index is 2310. The van der Waals surface area contributed by atoms with Gasteiger partial charge in [0.2, 0.25) is 0 Å². The van der Waals surface area contributed by atoms with Gasteiger partial charge >= 0.3 is 5.91 Å². The smallest absolute Gasteiger partial charge is 0.351 e. The van der Waals surface area contributed by atoms with Crippen molar-refractivity contribution in [2.24, 2.45) is 0 Å². The number of para-hydroxylation sites is 1. The summed E-state index contributed by atoms with van der Waals surface area (Å²) >= 11 is 0. The molecule has 61 heavy (non-hydrogen) atoms. The van der Waals surface area contributed by atoms with Gasteiger partial charge in [-0.2, -0.15) is 0 Å². The number of ether oxygens (including phenoxy) is 5. The van der Waals surface area contributed by atoms with Gasteiger partial charge in [0.05, 0.1) is 48.8 Å². The lowest BCUT2D eigenvalue weighted by atomic mass is 9.94. The van der Waals surface area contributed by atoms with Crippen LogP contribution in [0.25, 0.3) is 0 Å². The maximum atomic E-state index is 14.8. The number of morpholine rings is 1. The summed E-state index contributed by atoms with van der Waals surface area (Å²) in [6.07, 6.45) is 7.14. The Morgan fingerprint density at radius 1 is 0.770 bits per heavy atom. The summed E-state index contributed by atoms with van der Waals surface area (Å²) in [7, 11) is 0. The molecule has 3 amide bonds. The average Bonchev–Trinajstić information content (AvgIpc) is 3.72. The molecule has 316 valence electrons. The molecule has 1 spiro atoms. The van der Waals surface area contributed by atoms with Gasteiger partial charge < -0.3 is 34.3 Å². The van der Waals surface area contributed by atoms with E-state index < -0.39 is 0 Å². The molecule has 0 radical (unpaired) electrons. The summed E-state index contributed by atoms with van der Waals surface area (Å²) in [4.78, 5) is 43.6. The predicted octanol–water partition coefficient (Wildman–Crippen LogP) is 6.62. The highest BCUT2D eigenvalue weighted by Crippen LogP contribution is 2.74. The fraction of sp³-hybridized carbons (Fsp3) is 0.449. The van der Waals surface area contributed by atoms with Gasteiger partial charge in [-0.15, -0.1) is 0 Å². The second-order valence-electron chi connectivity index (χ2n) is 18.0. The zero-order chi connectivity index (χ0) is 41.1. The van der Waals surface area contributed by atoms with Gasteiger partial charge in [-0.25, -0.2) is 9.28 Å². The van der Waals surface area contributed by atoms with Crippen molar-refractivity contribution in [1.29, 1.82) is 0 Å². The Morgan fingerprint density at radius 3 is 2.26 bits per heavy atom. The second kappa shape index (κ2) is 15.7. The van der Waals surface area contributed by atoms with Crippen LogP contribution in [0.5, 0.6) is 11.5 Å². The molecule has 4 saturated heterocycles. The van der Waals surface area contributed by atoms with E-state index in [2.05, 4.69) is 33.7 Å². The third-order valence-electron chi connectivity index (χ3n) is 14.4. The maximum absolute atomic E-state index is 14.8. The normalized spacial score (nSPS) is 29.7. The quantitative estimate of drug-likeness (QED) is 0.120. The average molecular weight is 826 g/mol. The molecule has 5 atom stereocenters. The molecule has 6 fully saturated rings. The van der Waals surface area contributed by atoms with Gasteiger partial charge in [0.25, 0.3) is 11.8 Å².